The predicted molar refractivity (Wildman–Crippen MR) is 95.4 cm³/mol. The number of hydrogen-bond donors (Lipinski definition) is 1. The number of fused-ring (bicyclic) bond motifs is 1. The molecule has 0 bridgehead atoms. The van der Waals surface area contributed by atoms with E-state index in [0.717, 1.165) is 11.1 Å². The topological polar surface area (TPSA) is 49.4 Å². The Labute approximate surface area is 147 Å². The third-order valence-electron chi connectivity index (χ3n) is 6.11. The van der Waals surface area contributed by atoms with Gasteiger partial charge >= 0.3 is 0 Å². The van der Waals surface area contributed by atoms with E-state index in [9.17, 15) is 9.59 Å². The molecule has 0 saturated carbocycles. The van der Waals surface area contributed by atoms with Gasteiger partial charge in [0.1, 0.15) is 0 Å². The molecule has 4 heteroatoms. The highest BCUT2D eigenvalue weighted by Crippen LogP contribution is 2.58. The van der Waals surface area contributed by atoms with E-state index in [1.807, 2.05) is 74.5 Å². The van der Waals surface area contributed by atoms with Crippen LogP contribution in [0.15, 0.2) is 60.7 Å². The number of rotatable bonds is 3. The highest BCUT2D eigenvalue weighted by molar-refractivity contribution is 6.10. The van der Waals surface area contributed by atoms with Gasteiger partial charge in [-0.25, -0.2) is 0 Å². The fraction of sp³-hybridized carbons (Fsp3) is 0.333. The van der Waals surface area contributed by atoms with Gasteiger partial charge in [0.05, 0.1) is 17.4 Å². The molecule has 3 atom stereocenters. The van der Waals surface area contributed by atoms with Crippen LogP contribution in [-0.2, 0) is 16.1 Å². The van der Waals surface area contributed by atoms with Crippen molar-refractivity contribution in [1.29, 1.82) is 0 Å². The van der Waals surface area contributed by atoms with E-state index < -0.39 is 10.8 Å². The van der Waals surface area contributed by atoms with E-state index in [1.54, 1.807) is 0 Å². The van der Waals surface area contributed by atoms with Crippen molar-refractivity contribution in [3.05, 3.63) is 71.8 Å². The Hall–Kier alpha value is -2.46. The van der Waals surface area contributed by atoms with E-state index in [2.05, 4.69) is 5.32 Å². The molecule has 2 aromatic carbocycles. The molecular formula is C21H22N2O2. The summed E-state index contributed by atoms with van der Waals surface area (Å²) in [7, 11) is 0. The molecule has 0 unspecified atom stereocenters. The van der Waals surface area contributed by atoms with Crippen LogP contribution in [0, 0.1) is 10.8 Å². The van der Waals surface area contributed by atoms with Gasteiger partial charge in [-0.15, -0.1) is 0 Å². The maximum Gasteiger partial charge on any atom is 0.238 e. The highest BCUT2D eigenvalue weighted by atomic mass is 16.2. The van der Waals surface area contributed by atoms with E-state index in [4.69, 9.17) is 0 Å². The second-order valence-corrected chi connectivity index (χ2v) is 7.44. The lowest BCUT2D eigenvalue weighted by Gasteiger charge is -2.32. The SMILES string of the molecule is C[C@@]12CN[C@@H](c3ccccc3)[C@]1(C)C(=O)N(Cc1ccccc1)C2=O. The zero-order valence-electron chi connectivity index (χ0n) is 14.5. The minimum atomic E-state index is -0.778. The number of likely N-dealkylation sites (tertiary alicyclic amines) is 1. The van der Waals surface area contributed by atoms with Crippen LogP contribution in [-0.4, -0.2) is 23.3 Å². The Morgan fingerprint density at radius 2 is 1.56 bits per heavy atom. The minimum Gasteiger partial charge on any atom is -0.308 e. The third kappa shape index (κ3) is 2.10. The van der Waals surface area contributed by atoms with E-state index in [-0.39, 0.29) is 17.9 Å². The van der Waals surface area contributed by atoms with Crippen LogP contribution < -0.4 is 5.32 Å². The van der Waals surface area contributed by atoms with E-state index in [1.165, 1.54) is 4.90 Å². The van der Waals surface area contributed by atoms with Gasteiger partial charge in [0, 0.05) is 12.6 Å². The Morgan fingerprint density at radius 1 is 0.960 bits per heavy atom. The normalized spacial score (nSPS) is 31.4. The average Bonchev–Trinajstić information content (AvgIpc) is 2.99. The number of carbonyl (C=O) groups excluding carboxylic acids is 2. The molecule has 2 heterocycles. The lowest BCUT2D eigenvalue weighted by atomic mass is 9.65. The Kier molecular flexibility index (Phi) is 3.55. The van der Waals surface area contributed by atoms with Crippen molar-refractivity contribution in [3.63, 3.8) is 0 Å². The van der Waals surface area contributed by atoms with Crippen LogP contribution in [0.2, 0.25) is 0 Å². The number of nitrogens with one attached hydrogen (secondary N) is 1. The van der Waals surface area contributed by atoms with Gasteiger partial charge < -0.3 is 5.32 Å². The molecule has 2 aliphatic rings. The average molecular weight is 334 g/mol. The molecule has 2 aliphatic heterocycles. The standard InChI is InChI=1S/C21H22N2O2/c1-20-14-22-17(16-11-7-4-8-12-16)21(20,2)19(25)23(18(20)24)13-15-9-5-3-6-10-15/h3-12,17,22H,13-14H2,1-2H3/t17-,20-,21+/m0/s1. The molecule has 25 heavy (non-hydrogen) atoms. The zero-order valence-corrected chi connectivity index (χ0v) is 14.5. The zero-order chi connectivity index (χ0) is 17.7. The molecule has 0 aliphatic carbocycles. The number of nitrogens with zero attached hydrogens (tertiary/aromatic N) is 1. The van der Waals surface area contributed by atoms with Crippen molar-refractivity contribution >= 4 is 11.8 Å². The Bertz CT molecular complexity index is 820. The van der Waals surface area contributed by atoms with Crippen LogP contribution in [0.25, 0.3) is 0 Å². The predicted octanol–water partition coefficient (Wildman–Crippen LogP) is 2.91. The molecule has 4 rings (SSSR count). The molecule has 0 spiro atoms. The lowest BCUT2D eigenvalue weighted by Crippen LogP contribution is -2.40. The molecule has 2 saturated heterocycles. The second-order valence-electron chi connectivity index (χ2n) is 7.44. The summed E-state index contributed by atoms with van der Waals surface area (Å²) in [6.45, 7) is 4.72. The van der Waals surface area contributed by atoms with Crippen molar-refractivity contribution in [2.75, 3.05) is 6.54 Å². The number of imide groups is 1. The molecule has 4 nitrogen and oxygen atoms in total. The van der Waals surface area contributed by atoms with Crippen LogP contribution in [0.3, 0.4) is 0 Å². The van der Waals surface area contributed by atoms with Crippen molar-refractivity contribution in [1.82, 2.24) is 10.2 Å². The molecular weight excluding hydrogens is 312 g/mol. The van der Waals surface area contributed by atoms with Crippen LogP contribution in [0.1, 0.15) is 31.0 Å². The summed E-state index contributed by atoms with van der Waals surface area (Å²) in [5, 5.41) is 3.43. The van der Waals surface area contributed by atoms with Gasteiger partial charge in [-0.05, 0) is 25.0 Å². The largest absolute Gasteiger partial charge is 0.308 e. The first-order chi connectivity index (χ1) is 12.0. The first-order valence-corrected chi connectivity index (χ1v) is 8.67. The van der Waals surface area contributed by atoms with Gasteiger partial charge in [-0.1, -0.05) is 60.7 Å². The maximum absolute atomic E-state index is 13.4. The smallest absolute Gasteiger partial charge is 0.238 e. The van der Waals surface area contributed by atoms with Gasteiger partial charge in [0.15, 0.2) is 0 Å². The molecule has 1 N–H and O–H groups in total. The van der Waals surface area contributed by atoms with Crippen molar-refractivity contribution in [3.8, 4) is 0 Å². The summed E-state index contributed by atoms with van der Waals surface area (Å²) in [4.78, 5) is 28.0. The third-order valence-corrected chi connectivity index (χ3v) is 6.11. The fourth-order valence-corrected chi connectivity index (χ4v) is 4.35. The molecule has 0 aromatic heterocycles. The lowest BCUT2D eigenvalue weighted by molar-refractivity contribution is -0.143. The number of benzene rings is 2. The number of carbonyl (C=O) groups is 2. The summed E-state index contributed by atoms with van der Waals surface area (Å²) in [6, 6.07) is 19.5. The molecule has 2 fully saturated rings. The number of hydrogen-bond acceptors (Lipinski definition) is 3. The van der Waals surface area contributed by atoms with Crippen molar-refractivity contribution < 1.29 is 9.59 Å². The van der Waals surface area contributed by atoms with Crippen LogP contribution in [0.4, 0.5) is 0 Å². The highest BCUT2D eigenvalue weighted by Gasteiger charge is 2.70. The van der Waals surface area contributed by atoms with E-state index >= 15 is 0 Å². The summed E-state index contributed by atoms with van der Waals surface area (Å²) in [6.07, 6.45) is 0. The van der Waals surface area contributed by atoms with Gasteiger partial charge in [0.25, 0.3) is 0 Å². The minimum absolute atomic E-state index is 0.0743. The van der Waals surface area contributed by atoms with Crippen LogP contribution >= 0.6 is 0 Å². The molecule has 2 amide bonds. The quantitative estimate of drug-likeness (QED) is 0.878. The monoisotopic (exact) mass is 334 g/mol. The van der Waals surface area contributed by atoms with Gasteiger partial charge in [-0.3, -0.25) is 14.5 Å². The summed E-state index contributed by atoms with van der Waals surface area (Å²) in [5.74, 6) is -0.155. The first kappa shape index (κ1) is 16.0. The Balaban J connectivity index is 1.73. The van der Waals surface area contributed by atoms with Crippen LogP contribution in [0.5, 0.6) is 0 Å². The number of amides is 2. The molecule has 128 valence electrons. The molecule has 2 aromatic rings. The van der Waals surface area contributed by atoms with Gasteiger partial charge in [0.2, 0.25) is 11.8 Å². The summed E-state index contributed by atoms with van der Waals surface area (Å²) >= 11 is 0. The first-order valence-electron chi connectivity index (χ1n) is 8.67. The second kappa shape index (κ2) is 5.53. The van der Waals surface area contributed by atoms with Crippen molar-refractivity contribution in [2.24, 2.45) is 10.8 Å². The van der Waals surface area contributed by atoms with Gasteiger partial charge in [-0.2, -0.15) is 0 Å². The summed E-state index contributed by atoms with van der Waals surface area (Å²) in [5.41, 5.74) is 0.525. The summed E-state index contributed by atoms with van der Waals surface area (Å²) < 4.78 is 0. The Morgan fingerprint density at radius 3 is 2.20 bits per heavy atom. The fourth-order valence-electron chi connectivity index (χ4n) is 4.35. The van der Waals surface area contributed by atoms with Crippen molar-refractivity contribution in [2.45, 2.75) is 26.4 Å². The molecule has 0 radical (unpaired) electrons. The maximum atomic E-state index is 13.4. The van der Waals surface area contributed by atoms with E-state index in [0.29, 0.717) is 13.1 Å².